The first-order valence-corrected chi connectivity index (χ1v) is 10.3. The zero-order valence-corrected chi connectivity index (χ0v) is 17.0. The first-order valence-electron chi connectivity index (χ1n) is 8.69. The molecule has 0 aliphatic carbocycles. The summed E-state index contributed by atoms with van der Waals surface area (Å²) in [4.78, 5) is 36.6. The van der Waals surface area contributed by atoms with Crippen molar-refractivity contribution < 1.29 is 32.3 Å². The number of carbonyl (C=O) groups excluding carboxylic acids is 3. The Morgan fingerprint density at radius 3 is 2.21 bits per heavy atom. The lowest BCUT2D eigenvalue weighted by atomic mass is 10.1. The molecule has 9 heteroatoms. The Hall–Kier alpha value is -3.20. The van der Waals surface area contributed by atoms with Crippen LogP contribution in [0.25, 0.3) is 0 Å². The van der Waals surface area contributed by atoms with Crippen LogP contribution in [0.1, 0.15) is 44.4 Å². The van der Waals surface area contributed by atoms with Gasteiger partial charge in [-0.1, -0.05) is 19.1 Å². The second-order valence-electron chi connectivity index (χ2n) is 6.01. The van der Waals surface area contributed by atoms with E-state index in [0.29, 0.717) is 6.42 Å². The number of esters is 2. The van der Waals surface area contributed by atoms with E-state index in [2.05, 4.69) is 10.1 Å². The SMILES string of the molecule is CCCS(=O)(=O)c1ccccc1C(=O)Nc1cc(C(=O)OC)ccc1C(=O)OC. The molecule has 0 spiro atoms. The van der Waals surface area contributed by atoms with Crippen molar-refractivity contribution in [2.24, 2.45) is 0 Å². The fourth-order valence-corrected chi connectivity index (χ4v) is 4.21. The Morgan fingerprint density at radius 2 is 1.59 bits per heavy atom. The van der Waals surface area contributed by atoms with Gasteiger partial charge >= 0.3 is 11.9 Å². The van der Waals surface area contributed by atoms with E-state index in [-0.39, 0.29) is 33.0 Å². The zero-order valence-electron chi connectivity index (χ0n) is 16.2. The van der Waals surface area contributed by atoms with E-state index in [9.17, 15) is 22.8 Å². The van der Waals surface area contributed by atoms with E-state index in [1.54, 1.807) is 6.92 Å². The third-order valence-electron chi connectivity index (χ3n) is 4.03. The summed E-state index contributed by atoms with van der Waals surface area (Å²) >= 11 is 0. The number of hydrogen-bond acceptors (Lipinski definition) is 7. The van der Waals surface area contributed by atoms with Gasteiger partial charge in [0.1, 0.15) is 0 Å². The van der Waals surface area contributed by atoms with Crippen LogP contribution < -0.4 is 5.32 Å². The van der Waals surface area contributed by atoms with Gasteiger partial charge in [0.2, 0.25) is 0 Å². The van der Waals surface area contributed by atoms with Crippen molar-refractivity contribution in [3.8, 4) is 0 Å². The molecule has 2 rings (SSSR count). The van der Waals surface area contributed by atoms with Gasteiger partial charge in [-0.25, -0.2) is 18.0 Å². The molecule has 1 amide bonds. The van der Waals surface area contributed by atoms with Gasteiger partial charge in [0.05, 0.1) is 47.2 Å². The molecule has 8 nitrogen and oxygen atoms in total. The maximum atomic E-state index is 12.9. The molecule has 0 aliphatic rings. The van der Waals surface area contributed by atoms with Gasteiger partial charge in [-0.2, -0.15) is 0 Å². The molecule has 0 bridgehead atoms. The van der Waals surface area contributed by atoms with E-state index >= 15 is 0 Å². The Bertz CT molecular complexity index is 1040. The summed E-state index contributed by atoms with van der Waals surface area (Å²) in [6, 6.07) is 9.72. The molecule has 2 aromatic carbocycles. The maximum Gasteiger partial charge on any atom is 0.339 e. The molecule has 0 saturated carbocycles. The Balaban J connectivity index is 2.50. The first-order chi connectivity index (χ1) is 13.7. The number of ether oxygens (including phenoxy) is 2. The molecule has 0 aromatic heterocycles. The smallest absolute Gasteiger partial charge is 0.339 e. The molecular weight excluding hydrogens is 398 g/mol. The van der Waals surface area contributed by atoms with Crippen LogP contribution in [-0.2, 0) is 19.3 Å². The predicted octanol–water partition coefficient (Wildman–Crippen LogP) is 2.70. The largest absolute Gasteiger partial charge is 0.465 e. The minimum absolute atomic E-state index is 0.00222. The van der Waals surface area contributed by atoms with Crippen LogP contribution in [0.2, 0.25) is 0 Å². The molecule has 0 heterocycles. The molecule has 2 aromatic rings. The highest BCUT2D eigenvalue weighted by molar-refractivity contribution is 7.91. The van der Waals surface area contributed by atoms with Crippen LogP contribution >= 0.6 is 0 Å². The molecule has 0 atom stereocenters. The van der Waals surface area contributed by atoms with Crippen LogP contribution in [0, 0.1) is 0 Å². The summed E-state index contributed by atoms with van der Waals surface area (Å²) in [5.74, 6) is -2.25. The highest BCUT2D eigenvalue weighted by Crippen LogP contribution is 2.23. The average Bonchev–Trinajstić information content (AvgIpc) is 2.72. The molecule has 154 valence electrons. The number of anilines is 1. The Labute approximate surface area is 168 Å². The lowest BCUT2D eigenvalue weighted by molar-refractivity contribution is 0.0587. The highest BCUT2D eigenvalue weighted by atomic mass is 32.2. The first kappa shape index (κ1) is 22.1. The average molecular weight is 419 g/mol. The topological polar surface area (TPSA) is 116 Å². The van der Waals surface area contributed by atoms with Crippen molar-refractivity contribution in [3.05, 3.63) is 59.2 Å². The third-order valence-corrected chi connectivity index (χ3v) is 6.01. The quantitative estimate of drug-likeness (QED) is 0.686. The van der Waals surface area contributed by atoms with E-state index in [1.165, 1.54) is 56.7 Å². The van der Waals surface area contributed by atoms with E-state index < -0.39 is 27.7 Å². The minimum Gasteiger partial charge on any atom is -0.465 e. The van der Waals surface area contributed by atoms with Gasteiger partial charge in [-0.15, -0.1) is 0 Å². The molecule has 1 N–H and O–H groups in total. The fraction of sp³-hybridized carbons (Fsp3) is 0.250. The van der Waals surface area contributed by atoms with Crippen molar-refractivity contribution in [2.75, 3.05) is 25.3 Å². The zero-order chi connectivity index (χ0) is 21.6. The van der Waals surface area contributed by atoms with Crippen molar-refractivity contribution in [1.82, 2.24) is 0 Å². The van der Waals surface area contributed by atoms with Crippen molar-refractivity contribution in [2.45, 2.75) is 18.2 Å². The minimum atomic E-state index is -3.66. The maximum absolute atomic E-state index is 12.9. The van der Waals surface area contributed by atoms with Crippen molar-refractivity contribution in [1.29, 1.82) is 0 Å². The molecule has 0 radical (unpaired) electrons. The lowest BCUT2D eigenvalue weighted by Gasteiger charge is -2.13. The third kappa shape index (κ3) is 5.00. The van der Waals surface area contributed by atoms with Crippen LogP contribution in [0.5, 0.6) is 0 Å². The normalized spacial score (nSPS) is 10.9. The summed E-state index contributed by atoms with van der Waals surface area (Å²) in [6.45, 7) is 1.72. The molecule has 0 unspecified atom stereocenters. The molecule has 0 aliphatic heterocycles. The number of methoxy groups -OCH3 is 2. The standard InChI is InChI=1S/C20H21NO7S/c1-4-11-29(25,26)17-8-6-5-7-15(17)18(22)21-16-12-13(19(23)27-2)9-10-14(16)20(24)28-3/h5-10,12H,4,11H2,1-3H3,(H,21,22). The summed E-state index contributed by atoms with van der Waals surface area (Å²) in [5, 5.41) is 2.50. The summed E-state index contributed by atoms with van der Waals surface area (Å²) < 4.78 is 34.3. The van der Waals surface area contributed by atoms with Crippen molar-refractivity contribution >= 4 is 33.4 Å². The predicted molar refractivity (Wildman–Crippen MR) is 106 cm³/mol. The van der Waals surface area contributed by atoms with Gasteiger partial charge < -0.3 is 14.8 Å². The number of nitrogens with one attached hydrogen (secondary N) is 1. The van der Waals surface area contributed by atoms with Gasteiger partial charge in [0, 0.05) is 0 Å². The molecule has 0 saturated heterocycles. The Kier molecular flexibility index (Phi) is 7.11. The number of benzene rings is 2. The second kappa shape index (κ2) is 9.33. The van der Waals surface area contributed by atoms with Crippen LogP contribution in [0.4, 0.5) is 5.69 Å². The summed E-state index contributed by atoms with van der Waals surface area (Å²) in [7, 11) is -1.29. The number of amides is 1. The molecule has 29 heavy (non-hydrogen) atoms. The molecular formula is C20H21NO7S. The molecule has 0 fully saturated rings. The van der Waals surface area contributed by atoms with E-state index in [1.807, 2.05) is 0 Å². The lowest BCUT2D eigenvalue weighted by Crippen LogP contribution is -2.20. The fourth-order valence-electron chi connectivity index (χ4n) is 2.67. The van der Waals surface area contributed by atoms with Gasteiger partial charge in [0.15, 0.2) is 9.84 Å². The summed E-state index contributed by atoms with van der Waals surface area (Å²) in [6.07, 6.45) is 0.395. The Morgan fingerprint density at radius 1 is 0.931 bits per heavy atom. The van der Waals surface area contributed by atoms with E-state index in [4.69, 9.17) is 4.74 Å². The second-order valence-corrected chi connectivity index (χ2v) is 8.09. The van der Waals surface area contributed by atoms with Gasteiger partial charge in [-0.3, -0.25) is 4.79 Å². The number of sulfone groups is 1. The van der Waals surface area contributed by atoms with E-state index in [0.717, 1.165) is 0 Å². The highest BCUT2D eigenvalue weighted by Gasteiger charge is 2.23. The van der Waals surface area contributed by atoms with Crippen LogP contribution in [0.15, 0.2) is 47.4 Å². The van der Waals surface area contributed by atoms with Crippen molar-refractivity contribution in [3.63, 3.8) is 0 Å². The van der Waals surface area contributed by atoms with Crippen LogP contribution in [0.3, 0.4) is 0 Å². The van der Waals surface area contributed by atoms with Crippen LogP contribution in [-0.4, -0.2) is 46.2 Å². The number of rotatable bonds is 7. The monoisotopic (exact) mass is 419 g/mol. The number of carbonyl (C=O) groups is 3. The summed E-state index contributed by atoms with van der Waals surface area (Å²) in [5.41, 5.74) is 0.0254. The van der Waals surface area contributed by atoms with Gasteiger partial charge in [0.25, 0.3) is 5.91 Å². The number of hydrogen-bond donors (Lipinski definition) is 1. The van der Waals surface area contributed by atoms with Gasteiger partial charge in [-0.05, 0) is 36.8 Å².